The van der Waals surface area contributed by atoms with Crippen molar-refractivity contribution in [1.82, 2.24) is 0 Å². The van der Waals surface area contributed by atoms with Gasteiger partial charge in [0.25, 0.3) is 0 Å². The summed E-state index contributed by atoms with van der Waals surface area (Å²) in [5.41, 5.74) is 3.23. The van der Waals surface area contributed by atoms with Crippen LogP contribution >= 0.6 is 11.6 Å². The minimum atomic E-state index is 0.142. The highest BCUT2D eigenvalue weighted by Crippen LogP contribution is 2.32. The highest BCUT2D eigenvalue weighted by atomic mass is 35.5. The zero-order valence-electron chi connectivity index (χ0n) is 12.2. The fourth-order valence-corrected chi connectivity index (χ4v) is 2.72. The quantitative estimate of drug-likeness (QED) is 0.923. The molecule has 1 aliphatic rings. The molecular formula is C17H18ClNO2. The monoisotopic (exact) mass is 303 g/mol. The minimum absolute atomic E-state index is 0.142. The molecule has 21 heavy (non-hydrogen) atoms. The maximum Gasteiger partial charge on any atom is 0.143 e. The molecule has 0 amide bonds. The molecule has 1 heterocycles. The van der Waals surface area contributed by atoms with E-state index in [1.165, 1.54) is 5.56 Å². The van der Waals surface area contributed by atoms with Crippen LogP contribution in [-0.4, -0.2) is 19.8 Å². The molecule has 1 atom stereocenters. The average molecular weight is 304 g/mol. The number of anilines is 1. The molecule has 2 aromatic carbocycles. The number of nitrogens with one attached hydrogen (secondary N) is 1. The van der Waals surface area contributed by atoms with Crippen LogP contribution in [0.25, 0.3) is 0 Å². The number of ether oxygens (including phenoxy) is 2. The molecule has 1 aliphatic heterocycles. The highest BCUT2D eigenvalue weighted by Gasteiger charge is 2.22. The highest BCUT2D eigenvalue weighted by molar-refractivity contribution is 6.31. The second kappa shape index (κ2) is 5.86. The van der Waals surface area contributed by atoms with Gasteiger partial charge in [0.2, 0.25) is 0 Å². The average Bonchev–Trinajstić information content (AvgIpc) is 2.90. The van der Waals surface area contributed by atoms with E-state index in [4.69, 9.17) is 21.1 Å². The van der Waals surface area contributed by atoms with Crippen molar-refractivity contribution < 1.29 is 9.47 Å². The SMILES string of the molecule is COc1cc(Cl)c(C)cc1NCC1Cc2ccccc2O1. The summed E-state index contributed by atoms with van der Waals surface area (Å²) in [6, 6.07) is 12.0. The van der Waals surface area contributed by atoms with Gasteiger partial charge in [-0.1, -0.05) is 29.8 Å². The zero-order valence-corrected chi connectivity index (χ0v) is 12.9. The molecule has 0 bridgehead atoms. The van der Waals surface area contributed by atoms with Crippen molar-refractivity contribution in [1.29, 1.82) is 0 Å². The standard InChI is InChI=1S/C17H18ClNO2/c1-11-7-15(17(20-2)9-14(11)18)19-10-13-8-12-5-3-4-6-16(12)21-13/h3-7,9,13,19H,8,10H2,1-2H3. The molecule has 3 rings (SSSR count). The van der Waals surface area contributed by atoms with Gasteiger partial charge < -0.3 is 14.8 Å². The molecule has 0 saturated heterocycles. The summed E-state index contributed by atoms with van der Waals surface area (Å²) in [6.07, 6.45) is 1.07. The van der Waals surface area contributed by atoms with Crippen molar-refractivity contribution in [3.63, 3.8) is 0 Å². The Labute approximate surface area is 129 Å². The molecule has 0 fully saturated rings. The van der Waals surface area contributed by atoms with Crippen LogP contribution in [0.2, 0.25) is 5.02 Å². The Kier molecular flexibility index (Phi) is 3.93. The fraction of sp³-hybridized carbons (Fsp3) is 0.294. The summed E-state index contributed by atoms with van der Waals surface area (Å²) in [5.74, 6) is 1.74. The van der Waals surface area contributed by atoms with E-state index in [1.54, 1.807) is 7.11 Å². The molecule has 110 valence electrons. The summed E-state index contributed by atoms with van der Waals surface area (Å²) < 4.78 is 11.3. The maximum absolute atomic E-state index is 6.12. The van der Waals surface area contributed by atoms with E-state index in [0.29, 0.717) is 5.02 Å². The van der Waals surface area contributed by atoms with Crippen molar-refractivity contribution in [3.05, 3.63) is 52.5 Å². The van der Waals surface area contributed by atoms with Crippen molar-refractivity contribution in [3.8, 4) is 11.5 Å². The van der Waals surface area contributed by atoms with E-state index in [-0.39, 0.29) is 6.10 Å². The van der Waals surface area contributed by atoms with Crippen molar-refractivity contribution in [2.24, 2.45) is 0 Å². The second-order valence-electron chi connectivity index (χ2n) is 5.23. The molecule has 1 unspecified atom stereocenters. The lowest BCUT2D eigenvalue weighted by atomic mass is 10.1. The Morgan fingerprint density at radius 1 is 1.33 bits per heavy atom. The molecule has 4 heteroatoms. The van der Waals surface area contributed by atoms with Gasteiger partial charge in [0.15, 0.2) is 0 Å². The molecule has 0 spiro atoms. The Morgan fingerprint density at radius 2 is 2.14 bits per heavy atom. The molecule has 0 radical (unpaired) electrons. The Bertz CT molecular complexity index is 632. The van der Waals surface area contributed by atoms with Crippen LogP contribution in [-0.2, 0) is 6.42 Å². The summed E-state index contributed by atoms with van der Waals surface area (Å²) in [6.45, 7) is 2.71. The third kappa shape index (κ3) is 2.93. The first-order valence-corrected chi connectivity index (χ1v) is 7.37. The number of halogens is 1. The van der Waals surface area contributed by atoms with Gasteiger partial charge in [-0.05, 0) is 30.2 Å². The lowest BCUT2D eigenvalue weighted by Crippen LogP contribution is -2.24. The first-order chi connectivity index (χ1) is 10.2. The van der Waals surface area contributed by atoms with Crippen LogP contribution in [0.5, 0.6) is 11.5 Å². The van der Waals surface area contributed by atoms with Crippen LogP contribution in [0.3, 0.4) is 0 Å². The van der Waals surface area contributed by atoms with E-state index in [2.05, 4.69) is 11.4 Å². The Balaban J connectivity index is 1.68. The van der Waals surface area contributed by atoms with E-state index >= 15 is 0 Å². The van der Waals surface area contributed by atoms with Gasteiger partial charge in [-0.25, -0.2) is 0 Å². The van der Waals surface area contributed by atoms with Gasteiger partial charge >= 0.3 is 0 Å². The first kappa shape index (κ1) is 14.1. The lowest BCUT2D eigenvalue weighted by molar-refractivity contribution is 0.246. The van der Waals surface area contributed by atoms with Gasteiger partial charge in [-0.2, -0.15) is 0 Å². The molecule has 3 nitrogen and oxygen atoms in total. The fourth-order valence-electron chi connectivity index (χ4n) is 2.56. The number of benzene rings is 2. The number of hydrogen-bond acceptors (Lipinski definition) is 3. The predicted molar refractivity (Wildman–Crippen MR) is 85.8 cm³/mol. The minimum Gasteiger partial charge on any atom is -0.495 e. The predicted octanol–water partition coefficient (Wildman–Crippen LogP) is 4.07. The van der Waals surface area contributed by atoms with E-state index in [9.17, 15) is 0 Å². The normalized spacial score (nSPS) is 16.2. The molecule has 0 saturated carbocycles. The van der Waals surface area contributed by atoms with Gasteiger partial charge in [0, 0.05) is 17.5 Å². The maximum atomic E-state index is 6.12. The zero-order chi connectivity index (χ0) is 14.8. The summed E-state index contributed by atoms with van der Waals surface area (Å²) >= 11 is 6.12. The largest absolute Gasteiger partial charge is 0.495 e. The third-order valence-corrected chi connectivity index (χ3v) is 4.12. The molecule has 2 aromatic rings. The first-order valence-electron chi connectivity index (χ1n) is 7.00. The third-order valence-electron chi connectivity index (χ3n) is 3.71. The number of hydrogen-bond donors (Lipinski definition) is 1. The van der Waals surface area contributed by atoms with Crippen molar-refractivity contribution in [2.45, 2.75) is 19.4 Å². The smallest absolute Gasteiger partial charge is 0.143 e. The van der Waals surface area contributed by atoms with E-state index in [0.717, 1.165) is 35.7 Å². The van der Waals surface area contributed by atoms with Gasteiger partial charge in [-0.3, -0.25) is 0 Å². The van der Waals surface area contributed by atoms with Crippen LogP contribution in [0.1, 0.15) is 11.1 Å². The summed E-state index contributed by atoms with van der Waals surface area (Å²) in [5, 5.41) is 4.11. The van der Waals surface area contributed by atoms with Gasteiger partial charge in [0.1, 0.15) is 17.6 Å². The van der Waals surface area contributed by atoms with Crippen LogP contribution in [0.4, 0.5) is 5.69 Å². The van der Waals surface area contributed by atoms with Crippen LogP contribution < -0.4 is 14.8 Å². The molecule has 1 N–H and O–H groups in total. The van der Waals surface area contributed by atoms with E-state index < -0.39 is 0 Å². The van der Waals surface area contributed by atoms with Crippen molar-refractivity contribution >= 4 is 17.3 Å². The second-order valence-corrected chi connectivity index (χ2v) is 5.64. The number of rotatable bonds is 4. The topological polar surface area (TPSA) is 30.5 Å². The van der Waals surface area contributed by atoms with Crippen LogP contribution in [0, 0.1) is 6.92 Å². The summed E-state index contributed by atoms with van der Waals surface area (Å²) in [7, 11) is 1.65. The Morgan fingerprint density at radius 3 is 2.90 bits per heavy atom. The molecule has 0 aliphatic carbocycles. The van der Waals surface area contributed by atoms with Gasteiger partial charge in [0.05, 0.1) is 19.3 Å². The molecular weight excluding hydrogens is 286 g/mol. The van der Waals surface area contributed by atoms with Gasteiger partial charge in [-0.15, -0.1) is 0 Å². The lowest BCUT2D eigenvalue weighted by Gasteiger charge is -2.16. The number of aryl methyl sites for hydroxylation is 1. The molecule has 0 aromatic heterocycles. The number of para-hydroxylation sites is 1. The number of fused-ring (bicyclic) bond motifs is 1. The number of methoxy groups -OCH3 is 1. The van der Waals surface area contributed by atoms with Crippen LogP contribution in [0.15, 0.2) is 36.4 Å². The summed E-state index contributed by atoms with van der Waals surface area (Å²) in [4.78, 5) is 0. The Hall–Kier alpha value is -1.87. The van der Waals surface area contributed by atoms with E-state index in [1.807, 2.05) is 37.3 Å². The van der Waals surface area contributed by atoms with Crippen molar-refractivity contribution in [2.75, 3.05) is 19.0 Å².